The lowest BCUT2D eigenvalue weighted by Crippen LogP contribution is -2.34. The van der Waals surface area contributed by atoms with E-state index in [1.165, 1.54) is 31.4 Å². The van der Waals surface area contributed by atoms with Crippen molar-refractivity contribution in [1.29, 1.82) is 0 Å². The van der Waals surface area contributed by atoms with Crippen LogP contribution < -0.4 is 15.4 Å². The smallest absolute Gasteiger partial charge is 0.337 e. The minimum Gasteiger partial charge on any atom is -0.487 e. The molecule has 0 aromatic heterocycles. The van der Waals surface area contributed by atoms with Crippen molar-refractivity contribution >= 4 is 34.9 Å². The van der Waals surface area contributed by atoms with Crippen molar-refractivity contribution in [3.05, 3.63) is 71.8 Å². The largest absolute Gasteiger partial charge is 0.487 e. The number of methoxy groups -OCH3 is 1. The normalized spacial score (nSPS) is 9.85. The van der Waals surface area contributed by atoms with Crippen LogP contribution in [0.4, 0.5) is 5.69 Å². The molecule has 140 valence electrons. The second-order valence-corrected chi connectivity index (χ2v) is 6.13. The number of thiocarbonyl (C=S) groups is 1. The molecular weight excluding hydrogens is 364 g/mol. The lowest BCUT2D eigenvalue weighted by atomic mass is 10.1. The Morgan fingerprint density at radius 3 is 2.33 bits per heavy atom. The molecule has 0 fully saturated rings. The fourth-order valence-electron chi connectivity index (χ4n) is 2.10. The number of carbonyl (C=O) groups is 2. The third-order valence-electron chi connectivity index (χ3n) is 3.40. The van der Waals surface area contributed by atoms with Gasteiger partial charge in [-0.3, -0.25) is 10.1 Å². The number of esters is 1. The number of amides is 1. The molecule has 0 radical (unpaired) electrons. The number of carbonyl (C=O) groups excluding carboxylic acids is 2. The minimum atomic E-state index is -0.467. The van der Waals surface area contributed by atoms with Crippen molar-refractivity contribution in [2.75, 3.05) is 19.0 Å². The summed E-state index contributed by atoms with van der Waals surface area (Å²) in [7, 11) is 1.30. The van der Waals surface area contributed by atoms with Gasteiger partial charge in [0.15, 0.2) is 5.11 Å². The van der Waals surface area contributed by atoms with Gasteiger partial charge >= 0.3 is 5.97 Å². The second kappa shape index (κ2) is 9.49. The maximum atomic E-state index is 12.3. The summed E-state index contributed by atoms with van der Waals surface area (Å²) in [4.78, 5) is 23.7. The molecule has 27 heavy (non-hydrogen) atoms. The molecule has 2 aromatic rings. The maximum absolute atomic E-state index is 12.3. The number of hydrogen-bond donors (Lipinski definition) is 2. The summed E-state index contributed by atoms with van der Waals surface area (Å²) >= 11 is 5.20. The highest BCUT2D eigenvalue weighted by atomic mass is 32.1. The first-order chi connectivity index (χ1) is 12.9. The lowest BCUT2D eigenvalue weighted by molar-refractivity contribution is 0.0600. The molecule has 0 unspecified atom stereocenters. The highest BCUT2D eigenvalue weighted by molar-refractivity contribution is 7.80. The van der Waals surface area contributed by atoms with Gasteiger partial charge in [-0.15, -0.1) is 0 Å². The van der Waals surface area contributed by atoms with Gasteiger partial charge in [-0.25, -0.2) is 4.79 Å². The van der Waals surface area contributed by atoms with Crippen LogP contribution in [0.3, 0.4) is 0 Å². The summed E-state index contributed by atoms with van der Waals surface area (Å²) in [6.07, 6.45) is 0. The summed E-state index contributed by atoms with van der Waals surface area (Å²) in [6, 6.07) is 13.3. The standard InChI is InChI=1S/C20H20N2O4S/c1-13(2)12-26-17-7-5-4-6-16(17)21-20(27)22-18(23)14-8-10-15(11-9-14)19(24)25-3/h4-11H,1,12H2,2-3H3,(H2,21,22,23,27). The fraction of sp³-hybridized carbons (Fsp3) is 0.150. The Labute approximate surface area is 163 Å². The zero-order valence-corrected chi connectivity index (χ0v) is 15.9. The van der Waals surface area contributed by atoms with Gasteiger partial charge in [0.1, 0.15) is 12.4 Å². The SMILES string of the molecule is C=C(C)COc1ccccc1NC(=S)NC(=O)c1ccc(C(=O)OC)cc1. The molecule has 0 saturated carbocycles. The van der Waals surface area contributed by atoms with E-state index in [9.17, 15) is 9.59 Å². The van der Waals surface area contributed by atoms with Crippen molar-refractivity contribution in [2.45, 2.75) is 6.92 Å². The van der Waals surface area contributed by atoms with E-state index in [0.717, 1.165) is 5.57 Å². The predicted molar refractivity (Wildman–Crippen MR) is 108 cm³/mol. The monoisotopic (exact) mass is 384 g/mol. The Morgan fingerprint density at radius 2 is 1.70 bits per heavy atom. The molecule has 0 saturated heterocycles. The minimum absolute atomic E-state index is 0.128. The molecule has 0 aliphatic carbocycles. The molecule has 7 heteroatoms. The molecule has 0 spiro atoms. The zero-order chi connectivity index (χ0) is 19.8. The van der Waals surface area contributed by atoms with Gasteiger partial charge in [0.2, 0.25) is 0 Å². The molecular formula is C20H20N2O4S. The predicted octanol–water partition coefficient (Wildman–Crippen LogP) is 3.55. The Hall–Kier alpha value is -3.19. The van der Waals surface area contributed by atoms with E-state index in [0.29, 0.717) is 29.2 Å². The van der Waals surface area contributed by atoms with Crippen LogP contribution in [-0.2, 0) is 4.74 Å². The third-order valence-corrected chi connectivity index (χ3v) is 3.61. The van der Waals surface area contributed by atoms with Crippen LogP contribution in [0.5, 0.6) is 5.75 Å². The quantitative estimate of drug-likeness (QED) is 0.451. The van der Waals surface area contributed by atoms with Crippen LogP contribution in [0.1, 0.15) is 27.6 Å². The van der Waals surface area contributed by atoms with E-state index < -0.39 is 11.9 Å². The van der Waals surface area contributed by atoms with Crippen molar-refractivity contribution in [3.63, 3.8) is 0 Å². The number of ether oxygens (including phenoxy) is 2. The van der Waals surface area contributed by atoms with E-state index in [-0.39, 0.29) is 5.11 Å². The summed E-state index contributed by atoms with van der Waals surface area (Å²) < 4.78 is 10.3. The molecule has 0 aliphatic rings. The highest BCUT2D eigenvalue weighted by Crippen LogP contribution is 2.24. The first-order valence-electron chi connectivity index (χ1n) is 8.07. The van der Waals surface area contributed by atoms with E-state index in [1.54, 1.807) is 12.1 Å². The summed E-state index contributed by atoms with van der Waals surface area (Å²) in [5, 5.41) is 5.66. The van der Waals surface area contributed by atoms with E-state index in [1.807, 2.05) is 19.1 Å². The molecule has 0 atom stereocenters. The van der Waals surface area contributed by atoms with Crippen LogP contribution in [-0.4, -0.2) is 30.7 Å². The molecule has 0 heterocycles. The summed E-state index contributed by atoms with van der Waals surface area (Å²) in [5.74, 6) is -0.269. The highest BCUT2D eigenvalue weighted by Gasteiger charge is 2.11. The molecule has 0 bridgehead atoms. The first-order valence-corrected chi connectivity index (χ1v) is 8.48. The van der Waals surface area contributed by atoms with Gasteiger partial charge in [0, 0.05) is 5.56 Å². The van der Waals surface area contributed by atoms with Crippen LogP contribution in [0, 0.1) is 0 Å². The van der Waals surface area contributed by atoms with Gasteiger partial charge in [-0.1, -0.05) is 18.7 Å². The van der Waals surface area contributed by atoms with Crippen LogP contribution in [0.15, 0.2) is 60.7 Å². The van der Waals surface area contributed by atoms with Crippen LogP contribution >= 0.6 is 12.2 Å². The maximum Gasteiger partial charge on any atom is 0.337 e. The zero-order valence-electron chi connectivity index (χ0n) is 15.1. The summed E-state index contributed by atoms with van der Waals surface area (Å²) in [6.45, 7) is 6.05. The molecule has 0 aliphatic heterocycles. The van der Waals surface area contributed by atoms with Crippen molar-refractivity contribution < 1.29 is 19.1 Å². The molecule has 2 N–H and O–H groups in total. The van der Waals surface area contributed by atoms with Gasteiger partial charge in [0.25, 0.3) is 5.91 Å². The van der Waals surface area contributed by atoms with E-state index in [2.05, 4.69) is 21.9 Å². The number of nitrogens with one attached hydrogen (secondary N) is 2. The fourth-order valence-corrected chi connectivity index (χ4v) is 2.30. The van der Waals surface area contributed by atoms with E-state index in [4.69, 9.17) is 17.0 Å². The topological polar surface area (TPSA) is 76.7 Å². The number of rotatable bonds is 6. The number of benzene rings is 2. The Kier molecular flexibility index (Phi) is 7.08. The molecule has 6 nitrogen and oxygen atoms in total. The van der Waals surface area contributed by atoms with Gasteiger partial charge in [-0.05, 0) is 61.1 Å². The average molecular weight is 384 g/mol. The average Bonchev–Trinajstić information content (AvgIpc) is 2.66. The number of hydrogen-bond acceptors (Lipinski definition) is 5. The van der Waals surface area contributed by atoms with Crippen LogP contribution in [0.2, 0.25) is 0 Å². The molecule has 2 rings (SSSR count). The van der Waals surface area contributed by atoms with Crippen molar-refractivity contribution in [2.24, 2.45) is 0 Å². The Bertz CT molecular complexity index is 863. The Morgan fingerprint density at radius 1 is 1.07 bits per heavy atom. The van der Waals surface area contributed by atoms with Crippen LogP contribution in [0.25, 0.3) is 0 Å². The van der Waals surface area contributed by atoms with Crippen molar-refractivity contribution in [3.8, 4) is 5.75 Å². The lowest BCUT2D eigenvalue weighted by Gasteiger charge is -2.14. The second-order valence-electron chi connectivity index (χ2n) is 5.72. The first kappa shape index (κ1) is 20.1. The molecule has 2 aromatic carbocycles. The Balaban J connectivity index is 2.00. The number of para-hydroxylation sites is 2. The van der Waals surface area contributed by atoms with Gasteiger partial charge in [-0.2, -0.15) is 0 Å². The van der Waals surface area contributed by atoms with Gasteiger partial charge < -0.3 is 14.8 Å². The van der Waals surface area contributed by atoms with Crippen molar-refractivity contribution in [1.82, 2.24) is 5.32 Å². The molecule has 1 amide bonds. The van der Waals surface area contributed by atoms with E-state index >= 15 is 0 Å². The van der Waals surface area contributed by atoms with Gasteiger partial charge in [0.05, 0.1) is 18.4 Å². The number of anilines is 1. The summed E-state index contributed by atoms with van der Waals surface area (Å²) in [5.41, 5.74) is 2.23. The third kappa shape index (κ3) is 5.93.